The van der Waals surface area contributed by atoms with Crippen LogP contribution in [0.15, 0.2) is 182 Å². The Morgan fingerprint density at radius 1 is 0.396 bits per heavy atom. The molecule has 248 valence electrons. The molecule has 0 aliphatic carbocycles. The van der Waals surface area contributed by atoms with E-state index in [4.69, 9.17) is 4.74 Å². The zero-order valence-electron chi connectivity index (χ0n) is 28.5. The molecular weight excluding hydrogens is 665 g/mol. The highest BCUT2D eigenvalue weighted by molar-refractivity contribution is 7.25. The van der Waals surface area contributed by atoms with Gasteiger partial charge in [-0.1, -0.05) is 109 Å². The fourth-order valence-corrected chi connectivity index (χ4v) is 10.4. The predicted octanol–water partition coefficient (Wildman–Crippen LogP) is 13.4. The summed E-state index contributed by atoms with van der Waals surface area (Å²) in [5.41, 5.74) is 11.0. The van der Waals surface area contributed by atoms with E-state index in [9.17, 15) is 0 Å². The van der Waals surface area contributed by atoms with E-state index >= 15 is 0 Å². The van der Waals surface area contributed by atoms with Crippen LogP contribution in [-0.2, 0) is 5.41 Å². The lowest BCUT2D eigenvalue weighted by molar-refractivity contribution is 0.435. The van der Waals surface area contributed by atoms with Gasteiger partial charge in [0.05, 0.1) is 27.8 Å². The molecular formula is C49H30N2OS. The molecule has 4 heterocycles. The highest BCUT2D eigenvalue weighted by Crippen LogP contribution is 2.63. The summed E-state index contributed by atoms with van der Waals surface area (Å²) in [5, 5.41) is 4.97. The first-order valence-electron chi connectivity index (χ1n) is 18.1. The van der Waals surface area contributed by atoms with E-state index in [1.165, 1.54) is 47.6 Å². The Hall–Kier alpha value is -6.62. The number of hydrogen-bond acceptors (Lipinski definition) is 3. The lowest BCUT2D eigenvalue weighted by Crippen LogP contribution is -2.39. The molecule has 3 nitrogen and oxygen atoms in total. The molecule has 0 bridgehead atoms. The van der Waals surface area contributed by atoms with Crippen molar-refractivity contribution < 1.29 is 4.74 Å². The molecule has 0 radical (unpaired) electrons. The predicted molar refractivity (Wildman–Crippen MR) is 220 cm³/mol. The van der Waals surface area contributed by atoms with Gasteiger partial charge in [0, 0.05) is 53.4 Å². The minimum Gasteiger partial charge on any atom is -0.457 e. The van der Waals surface area contributed by atoms with Gasteiger partial charge in [0.25, 0.3) is 0 Å². The summed E-state index contributed by atoms with van der Waals surface area (Å²) in [6, 6.07) is 66.5. The van der Waals surface area contributed by atoms with Crippen LogP contribution in [0.4, 0.5) is 17.1 Å². The highest BCUT2D eigenvalue weighted by atomic mass is 32.1. The maximum atomic E-state index is 6.99. The minimum atomic E-state index is -0.647. The van der Waals surface area contributed by atoms with E-state index in [1.54, 1.807) is 0 Å². The number of aromatic nitrogens is 1. The smallest absolute Gasteiger partial charge is 0.133 e. The number of benzene rings is 8. The maximum absolute atomic E-state index is 6.99. The molecule has 1 spiro atoms. The van der Waals surface area contributed by atoms with Crippen LogP contribution in [0, 0.1) is 0 Å². The van der Waals surface area contributed by atoms with E-state index in [-0.39, 0.29) is 0 Å². The summed E-state index contributed by atoms with van der Waals surface area (Å²) in [5.74, 6) is 1.77. The molecule has 2 aliphatic rings. The first-order chi connectivity index (χ1) is 26.3. The average molecular weight is 695 g/mol. The van der Waals surface area contributed by atoms with Crippen molar-refractivity contribution >= 4 is 70.4 Å². The molecule has 8 aromatic carbocycles. The van der Waals surface area contributed by atoms with Crippen LogP contribution < -0.4 is 9.64 Å². The molecule has 0 saturated carbocycles. The van der Waals surface area contributed by atoms with Gasteiger partial charge in [-0.25, -0.2) is 0 Å². The molecule has 53 heavy (non-hydrogen) atoms. The summed E-state index contributed by atoms with van der Waals surface area (Å²) in [6.45, 7) is 0. The van der Waals surface area contributed by atoms with Crippen LogP contribution >= 0.6 is 11.3 Å². The summed E-state index contributed by atoms with van der Waals surface area (Å²) in [6.07, 6.45) is 0. The van der Waals surface area contributed by atoms with Gasteiger partial charge in [0.2, 0.25) is 0 Å². The van der Waals surface area contributed by atoms with Gasteiger partial charge >= 0.3 is 0 Å². The lowest BCUT2D eigenvalue weighted by atomic mass is 9.61. The lowest BCUT2D eigenvalue weighted by Gasteiger charge is -2.48. The van der Waals surface area contributed by atoms with E-state index in [0.717, 1.165) is 50.9 Å². The van der Waals surface area contributed by atoms with E-state index in [0.29, 0.717) is 0 Å². The second-order valence-electron chi connectivity index (χ2n) is 14.1. The molecule has 2 aliphatic heterocycles. The Morgan fingerprint density at radius 3 is 1.85 bits per heavy atom. The molecule has 12 rings (SSSR count). The van der Waals surface area contributed by atoms with Gasteiger partial charge in [0.1, 0.15) is 11.5 Å². The molecule has 0 saturated heterocycles. The number of rotatable bonds is 2. The maximum Gasteiger partial charge on any atom is 0.133 e. The van der Waals surface area contributed by atoms with E-state index in [1.807, 2.05) is 11.3 Å². The Morgan fingerprint density at radius 2 is 1.04 bits per heavy atom. The van der Waals surface area contributed by atoms with Gasteiger partial charge in [-0.3, -0.25) is 0 Å². The van der Waals surface area contributed by atoms with Crippen LogP contribution in [0.2, 0.25) is 0 Å². The third-order valence-electron chi connectivity index (χ3n) is 11.4. The first-order valence-corrected chi connectivity index (χ1v) is 18.9. The fourth-order valence-electron chi connectivity index (χ4n) is 9.31. The van der Waals surface area contributed by atoms with Gasteiger partial charge in [-0.15, -0.1) is 11.3 Å². The number of ether oxygens (including phenoxy) is 1. The molecule has 0 N–H and O–H groups in total. The van der Waals surface area contributed by atoms with Gasteiger partial charge in [0.15, 0.2) is 0 Å². The van der Waals surface area contributed by atoms with Gasteiger partial charge in [-0.2, -0.15) is 0 Å². The SMILES string of the molecule is c1ccc(N2c3ccccc3C3(c4ccccc4Oc4cc5c6ccccc6n(-c6ccc7sc8ccccc8c7c6)c5cc43)c3ccccc32)cc1. The highest BCUT2D eigenvalue weighted by Gasteiger charge is 2.51. The van der Waals surface area contributed by atoms with Crippen molar-refractivity contribution in [3.8, 4) is 17.2 Å². The normalized spacial score (nSPS) is 13.9. The third-order valence-corrected chi connectivity index (χ3v) is 12.6. The standard InChI is InChI=1S/C49H30N2OS/c1-2-14-31(15-3-1)50-42-22-10-6-18-37(42)49(38-19-7-11-23-43(38)50)39-20-8-12-24-45(39)52-46-29-35-33-16-4-9-21-41(33)51(44(35)30-40(46)49)32-26-27-48-36(28-32)34-17-5-13-25-47(34)53-48/h1-30H. The molecule has 2 aromatic heterocycles. The number of para-hydroxylation sites is 5. The van der Waals surface area contributed by atoms with Crippen LogP contribution in [0.1, 0.15) is 22.3 Å². The fraction of sp³-hybridized carbons (Fsp3) is 0.0204. The molecule has 4 heteroatoms. The Balaban J connectivity index is 1.22. The Bertz CT molecular complexity index is 3070. The largest absolute Gasteiger partial charge is 0.457 e. The van der Waals surface area contributed by atoms with Crippen LogP contribution in [-0.4, -0.2) is 4.57 Å². The molecule has 0 atom stereocenters. The number of anilines is 3. The van der Waals surface area contributed by atoms with Crippen molar-refractivity contribution in [2.24, 2.45) is 0 Å². The monoisotopic (exact) mass is 694 g/mol. The Kier molecular flexibility index (Phi) is 5.86. The first kappa shape index (κ1) is 29.0. The second-order valence-corrected chi connectivity index (χ2v) is 15.1. The van der Waals surface area contributed by atoms with E-state index in [2.05, 4.69) is 191 Å². The second kappa shape index (κ2) is 10.7. The summed E-state index contributed by atoms with van der Waals surface area (Å²) < 4.78 is 12.1. The van der Waals surface area contributed by atoms with Crippen molar-refractivity contribution in [2.45, 2.75) is 5.41 Å². The summed E-state index contributed by atoms with van der Waals surface area (Å²) in [7, 11) is 0. The summed E-state index contributed by atoms with van der Waals surface area (Å²) in [4.78, 5) is 2.42. The van der Waals surface area contributed by atoms with Gasteiger partial charge < -0.3 is 14.2 Å². The Labute approximate surface area is 310 Å². The number of hydrogen-bond donors (Lipinski definition) is 0. The molecule has 0 fully saturated rings. The molecule has 0 unspecified atom stereocenters. The molecule has 0 amide bonds. The van der Waals surface area contributed by atoms with Gasteiger partial charge in [-0.05, 0) is 83.9 Å². The van der Waals surface area contributed by atoms with Crippen LogP contribution in [0.25, 0.3) is 47.7 Å². The third kappa shape index (κ3) is 3.83. The zero-order chi connectivity index (χ0) is 34.7. The number of fused-ring (bicyclic) bond motifs is 14. The summed E-state index contributed by atoms with van der Waals surface area (Å²) >= 11 is 1.86. The average Bonchev–Trinajstić information content (AvgIpc) is 3.75. The van der Waals surface area contributed by atoms with Crippen LogP contribution in [0.3, 0.4) is 0 Å². The number of nitrogens with zero attached hydrogens (tertiary/aromatic N) is 2. The van der Waals surface area contributed by atoms with Crippen molar-refractivity contribution in [1.82, 2.24) is 4.57 Å². The van der Waals surface area contributed by atoms with Crippen molar-refractivity contribution in [2.75, 3.05) is 4.90 Å². The van der Waals surface area contributed by atoms with Crippen molar-refractivity contribution in [3.05, 3.63) is 204 Å². The quantitative estimate of drug-likeness (QED) is 0.179. The molecule has 10 aromatic rings. The van der Waals surface area contributed by atoms with Crippen molar-refractivity contribution in [1.29, 1.82) is 0 Å². The minimum absolute atomic E-state index is 0.647. The van der Waals surface area contributed by atoms with Crippen LogP contribution in [0.5, 0.6) is 11.5 Å². The topological polar surface area (TPSA) is 17.4 Å². The van der Waals surface area contributed by atoms with E-state index < -0.39 is 5.41 Å². The van der Waals surface area contributed by atoms with Crippen molar-refractivity contribution in [3.63, 3.8) is 0 Å². The number of thiophene rings is 1. The zero-order valence-corrected chi connectivity index (χ0v) is 29.3.